The van der Waals surface area contributed by atoms with Crippen LogP contribution in [0.15, 0.2) is 91.0 Å². The van der Waals surface area contributed by atoms with Crippen molar-refractivity contribution in [3.63, 3.8) is 0 Å². The van der Waals surface area contributed by atoms with E-state index >= 15 is 0 Å². The molecule has 0 aromatic heterocycles. The van der Waals surface area contributed by atoms with Gasteiger partial charge in [0.15, 0.2) is 0 Å². The summed E-state index contributed by atoms with van der Waals surface area (Å²) < 4.78 is 18.6. The van der Waals surface area contributed by atoms with Gasteiger partial charge in [0.1, 0.15) is 17.8 Å². The number of hydrogen-bond acceptors (Lipinski definition) is 4. The Bertz CT molecular complexity index is 916. The summed E-state index contributed by atoms with van der Waals surface area (Å²) in [6.45, 7) is 3.14. The molecule has 4 atom stereocenters. The largest absolute Gasteiger partial charge is 0.384 e. The highest BCUT2D eigenvalue weighted by Crippen LogP contribution is 2.34. The van der Waals surface area contributed by atoms with Gasteiger partial charge in [-0.3, -0.25) is 0 Å². The lowest BCUT2D eigenvalue weighted by molar-refractivity contribution is -0.265. The average Bonchev–Trinajstić information content (AvgIpc) is 2.81. The molecule has 3 aromatic carbocycles. The zero-order valence-corrected chi connectivity index (χ0v) is 17.9. The Balaban J connectivity index is 1.56. The van der Waals surface area contributed by atoms with Crippen LogP contribution in [-0.4, -0.2) is 35.6 Å². The van der Waals surface area contributed by atoms with Gasteiger partial charge in [-0.1, -0.05) is 91.0 Å². The molecule has 1 N–H and O–H groups in total. The fraction of sp³-hybridized carbons (Fsp3) is 0.333. The topological polar surface area (TPSA) is 47.9 Å². The second-order valence-electron chi connectivity index (χ2n) is 8.18. The van der Waals surface area contributed by atoms with E-state index in [-0.39, 0.29) is 12.2 Å². The van der Waals surface area contributed by atoms with Crippen LogP contribution in [0.4, 0.5) is 0 Å². The average molecular weight is 419 g/mol. The quantitative estimate of drug-likeness (QED) is 0.583. The molecule has 0 spiro atoms. The molecule has 0 amide bonds. The van der Waals surface area contributed by atoms with Crippen molar-refractivity contribution in [3.8, 4) is 0 Å². The van der Waals surface area contributed by atoms with Gasteiger partial charge < -0.3 is 19.3 Å². The maximum atomic E-state index is 11.9. The molecular formula is C27H30O4. The van der Waals surface area contributed by atoms with E-state index in [1.54, 1.807) is 0 Å². The van der Waals surface area contributed by atoms with Gasteiger partial charge in [-0.2, -0.15) is 0 Å². The van der Waals surface area contributed by atoms with Crippen LogP contribution in [0.3, 0.4) is 0 Å². The Morgan fingerprint density at radius 2 is 1.26 bits per heavy atom. The van der Waals surface area contributed by atoms with Crippen molar-refractivity contribution in [3.05, 3.63) is 108 Å². The molecule has 0 aliphatic carbocycles. The van der Waals surface area contributed by atoms with Crippen LogP contribution in [0, 0.1) is 0 Å². The first-order valence-electron chi connectivity index (χ1n) is 10.8. The van der Waals surface area contributed by atoms with Crippen LogP contribution >= 0.6 is 0 Å². The predicted molar refractivity (Wildman–Crippen MR) is 121 cm³/mol. The number of ether oxygens (including phenoxy) is 3. The normalized spacial score (nSPS) is 25.9. The van der Waals surface area contributed by atoms with E-state index in [0.29, 0.717) is 26.2 Å². The van der Waals surface area contributed by atoms with Crippen molar-refractivity contribution in [1.82, 2.24) is 0 Å². The Kier molecular flexibility index (Phi) is 7.15. The Hall–Kier alpha value is -2.50. The van der Waals surface area contributed by atoms with E-state index in [9.17, 15) is 5.11 Å². The van der Waals surface area contributed by atoms with Gasteiger partial charge >= 0.3 is 0 Å². The Morgan fingerprint density at radius 3 is 1.81 bits per heavy atom. The van der Waals surface area contributed by atoms with Crippen LogP contribution < -0.4 is 0 Å². The first-order valence-corrected chi connectivity index (χ1v) is 10.8. The van der Waals surface area contributed by atoms with Gasteiger partial charge in [0.25, 0.3) is 0 Å². The van der Waals surface area contributed by atoms with Crippen LogP contribution in [0.5, 0.6) is 0 Å². The predicted octanol–water partition coefficient (Wildman–Crippen LogP) is 4.55. The molecule has 1 heterocycles. The third-order valence-corrected chi connectivity index (χ3v) is 5.95. The third-order valence-electron chi connectivity index (χ3n) is 5.95. The lowest BCUT2D eigenvalue weighted by atomic mass is 9.80. The summed E-state index contributed by atoms with van der Waals surface area (Å²) in [7, 11) is 0. The minimum atomic E-state index is -1.21. The molecular weight excluding hydrogens is 388 g/mol. The van der Waals surface area contributed by atoms with Crippen LogP contribution in [0.25, 0.3) is 0 Å². The number of rotatable bonds is 8. The second-order valence-corrected chi connectivity index (χ2v) is 8.18. The van der Waals surface area contributed by atoms with Crippen molar-refractivity contribution < 1.29 is 19.3 Å². The summed E-state index contributed by atoms with van der Waals surface area (Å²) in [5.74, 6) is 0. The van der Waals surface area contributed by atoms with Gasteiger partial charge in [-0.25, -0.2) is 0 Å². The van der Waals surface area contributed by atoms with Crippen molar-refractivity contribution in [2.45, 2.75) is 50.5 Å². The zero-order chi connectivity index (χ0) is 21.5. The Morgan fingerprint density at radius 1 is 0.774 bits per heavy atom. The minimum Gasteiger partial charge on any atom is -0.384 e. The second kappa shape index (κ2) is 10.2. The lowest BCUT2D eigenvalue weighted by Gasteiger charge is -2.47. The standard InChI is InChI=1S/C27H30O4/c1-21-27(28,17-22-11-5-2-6-12-22)26(31-19-24-15-9-4-10-16-24)25(20-29-21)30-18-23-13-7-3-8-14-23/h2-16,21,25-26,28H,17-20H2,1H3. The minimum absolute atomic E-state index is 0.380. The summed E-state index contributed by atoms with van der Waals surface area (Å²) in [6.07, 6.45) is -0.862. The van der Waals surface area contributed by atoms with Gasteiger partial charge in [0, 0.05) is 6.42 Å². The highest BCUT2D eigenvalue weighted by Gasteiger charge is 2.51. The molecule has 1 fully saturated rings. The maximum Gasteiger partial charge on any atom is 0.123 e. The SMILES string of the molecule is CC1OCC(OCc2ccccc2)C(OCc2ccccc2)C1(O)Cc1ccccc1. The first kappa shape index (κ1) is 21.7. The van der Waals surface area contributed by atoms with Crippen molar-refractivity contribution in [2.75, 3.05) is 6.61 Å². The molecule has 4 heteroatoms. The fourth-order valence-corrected chi connectivity index (χ4v) is 4.12. The van der Waals surface area contributed by atoms with E-state index in [4.69, 9.17) is 14.2 Å². The van der Waals surface area contributed by atoms with Gasteiger partial charge in [0.2, 0.25) is 0 Å². The number of aliphatic hydroxyl groups is 1. The molecule has 4 nitrogen and oxygen atoms in total. The smallest absolute Gasteiger partial charge is 0.123 e. The van der Waals surface area contributed by atoms with Gasteiger partial charge in [-0.15, -0.1) is 0 Å². The van der Waals surface area contributed by atoms with E-state index in [2.05, 4.69) is 0 Å². The molecule has 1 saturated heterocycles. The molecule has 3 aromatic rings. The number of hydrogen-bond donors (Lipinski definition) is 1. The summed E-state index contributed by atoms with van der Waals surface area (Å²) in [6, 6.07) is 30.0. The summed E-state index contributed by atoms with van der Waals surface area (Å²) in [5, 5.41) is 11.9. The molecule has 31 heavy (non-hydrogen) atoms. The Labute approximate surface area is 184 Å². The number of benzene rings is 3. The van der Waals surface area contributed by atoms with Gasteiger partial charge in [0.05, 0.1) is 25.9 Å². The van der Waals surface area contributed by atoms with Crippen molar-refractivity contribution in [2.24, 2.45) is 0 Å². The first-order chi connectivity index (χ1) is 15.1. The molecule has 0 radical (unpaired) electrons. The van der Waals surface area contributed by atoms with Gasteiger partial charge in [-0.05, 0) is 23.6 Å². The molecule has 4 unspecified atom stereocenters. The van der Waals surface area contributed by atoms with E-state index < -0.39 is 11.7 Å². The van der Waals surface area contributed by atoms with Crippen LogP contribution in [0.1, 0.15) is 23.6 Å². The summed E-state index contributed by atoms with van der Waals surface area (Å²) >= 11 is 0. The fourth-order valence-electron chi connectivity index (χ4n) is 4.12. The highest BCUT2D eigenvalue weighted by atomic mass is 16.6. The van der Waals surface area contributed by atoms with Crippen molar-refractivity contribution >= 4 is 0 Å². The van der Waals surface area contributed by atoms with Crippen LogP contribution in [-0.2, 0) is 33.8 Å². The third kappa shape index (κ3) is 5.41. The molecule has 1 aliphatic heterocycles. The van der Waals surface area contributed by atoms with E-state index in [1.165, 1.54) is 0 Å². The molecule has 4 rings (SSSR count). The summed E-state index contributed by atoms with van der Waals surface area (Å²) in [5.41, 5.74) is 1.97. The molecule has 162 valence electrons. The van der Waals surface area contributed by atoms with E-state index in [1.807, 2.05) is 97.9 Å². The summed E-state index contributed by atoms with van der Waals surface area (Å²) in [4.78, 5) is 0. The van der Waals surface area contributed by atoms with Crippen LogP contribution in [0.2, 0.25) is 0 Å². The molecule has 0 saturated carbocycles. The zero-order valence-electron chi connectivity index (χ0n) is 17.9. The van der Waals surface area contributed by atoms with E-state index in [0.717, 1.165) is 16.7 Å². The molecule has 1 aliphatic rings. The maximum absolute atomic E-state index is 11.9. The lowest BCUT2D eigenvalue weighted by Crippen LogP contribution is -2.64. The monoisotopic (exact) mass is 418 g/mol. The molecule has 0 bridgehead atoms. The van der Waals surface area contributed by atoms with Crippen molar-refractivity contribution in [1.29, 1.82) is 0 Å². The highest BCUT2D eigenvalue weighted by molar-refractivity contribution is 5.20.